The number of carbonyl (C=O) groups excluding carboxylic acids is 1. The number of amides is 1. The number of hydrogen-bond donors (Lipinski definition) is 2. The molecule has 0 saturated carbocycles. The standard InChI is InChI=1S/C17H21N5O3/c1-4-7-21-15(24)12-6-5-11(14(23)18-9-10(2)3)8-13(12)22-16(21)19-20-17(22)25/h5-6,8,10H,4,7,9H2,1-3H3,(H,18,23)(H,20,25). The number of rotatable bonds is 5. The van der Waals surface area contributed by atoms with Gasteiger partial charge >= 0.3 is 5.69 Å². The van der Waals surface area contributed by atoms with Gasteiger partial charge in [0.25, 0.3) is 11.5 Å². The Balaban J connectivity index is 2.23. The van der Waals surface area contributed by atoms with Crippen LogP contribution in [0.3, 0.4) is 0 Å². The van der Waals surface area contributed by atoms with Gasteiger partial charge in [0.2, 0.25) is 5.78 Å². The molecule has 0 saturated heterocycles. The van der Waals surface area contributed by atoms with E-state index in [0.29, 0.717) is 35.5 Å². The first-order chi connectivity index (χ1) is 11.9. The van der Waals surface area contributed by atoms with Crippen LogP contribution in [0, 0.1) is 5.92 Å². The summed E-state index contributed by atoms with van der Waals surface area (Å²) in [4.78, 5) is 37.2. The Hall–Kier alpha value is -2.90. The molecule has 0 fully saturated rings. The summed E-state index contributed by atoms with van der Waals surface area (Å²) in [5, 5.41) is 9.56. The Labute approximate surface area is 143 Å². The third-order valence-corrected chi connectivity index (χ3v) is 3.99. The number of aromatic amines is 1. The predicted molar refractivity (Wildman–Crippen MR) is 95.0 cm³/mol. The molecular weight excluding hydrogens is 322 g/mol. The molecule has 0 spiro atoms. The van der Waals surface area contributed by atoms with Crippen molar-refractivity contribution in [3.05, 3.63) is 44.6 Å². The molecule has 2 N–H and O–H groups in total. The Morgan fingerprint density at radius 3 is 2.76 bits per heavy atom. The van der Waals surface area contributed by atoms with Crippen LogP contribution in [0.4, 0.5) is 0 Å². The first-order valence-electron chi connectivity index (χ1n) is 8.36. The topological polar surface area (TPSA) is 101 Å². The number of H-pyrrole nitrogens is 1. The molecular formula is C17H21N5O3. The van der Waals surface area contributed by atoms with Crippen molar-refractivity contribution in [2.24, 2.45) is 5.92 Å². The van der Waals surface area contributed by atoms with Gasteiger partial charge in [0.1, 0.15) is 0 Å². The molecule has 0 aliphatic rings. The van der Waals surface area contributed by atoms with Crippen molar-refractivity contribution in [2.75, 3.05) is 6.54 Å². The molecule has 0 radical (unpaired) electrons. The molecule has 0 atom stereocenters. The van der Waals surface area contributed by atoms with E-state index >= 15 is 0 Å². The minimum atomic E-state index is -0.440. The summed E-state index contributed by atoms with van der Waals surface area (Å²) in [7, 11) is 0. The summed E-state index contributed by atoms with van der Waals surface area (Å²) in [6, 6.07) is 4.76. The van der Waals surface area contributed by atoms with Crippen LogP contribution in [0.5, 0.6) is 0 Å². The van der Waals surface area contributed by atoms with Crippen LogP contribution in [0.1, 0.15) is 37.6 Å². The van der Waals surface area contributed by atoms with Crippen molar-refractivity contribution >= 4 is 22.6 Å². The largest absolute Gasteiger partial charge is 0.352 e. The SMILES string of the molecule is CCCn1c(=O)c2ccc(C(=O)NCC(C)C)cc2n2c(=O)[nH]nc12. The monoisotopic (exact) mass is 343 g/mol. The molecule has 25 heavy (non-hydrogen) atoms. The Bertz CT molecular complexity index is 1060. The highest BCUT2D eigenvalue weighted by molar-refractivity contribution is 5.98. The fourth-order valence-corrected chi connectivity index (χ4v) is 2.79. The van der Waals surface area contributed by atoms with Crippen LogP contribution in [-0.4, -0.2) is 31.6 Å². The maximum atomic E-state index is 12.7. The van der Waals surface area contributed by atoms with Crippen LogP contribution < -0.4 is 16.6 Å². The molecule has 3 aromatic rings. The average molecular weight is 343 g/mol. The van der Waals surface area contributed by atoms with E-state index in [-0.39, 0.29) is 17.2 Å². The zero-order chi connectivity index (χ0) is 18.1. The van der Waals surface area contributed by atoms with E-state index in [4.69, 9.17) is 0 Å². The first kappa shape index (κ1) is 16.9. The van der Waals surface area contributed by atoms with Crippen LogP contribution >= 0.6 is 0 Å². The highest BCUT2D eigenvalue weighted by Gasteiger charge is 2.16. The normalized spacial score (nSPS) is 11.5. The van der Waals surface area contributed by atoms with Gasteiger partial charge in [0.05, 0.1) is 10.9 Å². The Morgan fingerprint density at radius 1 is 1.32 bits per heavy atom. The quantitative estimate of drug-likeness (QED) is 0.725. The number of aryl methyl sites for hydroxylation is 1. The average Bonchev–Trinajstić information content (AvgIpc) is 2.97. The number of nitrogens with one attached hydrogen (secondary N) is 2. The van der Waals surface area contributed by atoms with Crippen LogP contribution in [-0.2, 0) is 6.54 Å². The van der Waals surface area contributed by atoms with Crippen molar-refractivity contribution in [3.63, 3.8) is 0 Å². The predicted octanol–water partition coefficient (Wildman–Crippen LogP) is 1.13. The highest BCUT2D eigenvalue weighted by Crippen LogP contribution is 2.14. The summed E-state index contributed by atoms with van der Waals surface area (Å²) in [6.45, 7) is 6.96. The molecule has 0 bridgehead atoms. The van der Waals surface area contributed by atoms with Gasteiger partial charge in [-0.05, 0) is 30.5 Å². The van der Waals surface area contributed by atoms with Gasteiger partial charge in [-0.1, -0.05) is 20.8 Å². The molecule has 2 aromatic heterocycles. The van der Waals surface area contributed by atoms with Gasteiger partial charge in [-0.15, -0.1) is 5.10 Å². The second-order valence-corrected chi connectivity index (χ2v) is 6.46. The lowest BCUT2D eigenvalue weighted by Crippen LogP contribution is -2.28. The highest BCUT2D eigenvalue weighted by atomic mass is 16.2. The lowest BCUT2D eigenvalue weighted by Gasteiger charge is -2.11. The number of aromatic nitrogens is 4. The van der Waals surface area contributed by atoms with Crippen LogP contribution in [0.25, 0.3) is 16.7 Å². The maximum Gasteiger partial charge on any atom is 0.349 e. The van der Waals surface area contributed by atoms with E-state index in [1.807, 2.05) is 20.8 Å². The van der Waals surface area contributed by atoms with Gasteiger partial charge in [0, 0.05) is 18.7 Å². The molecule has 0 unspecified atom stereocenters. The second kappa shape index (κ2) is 6.54. The Kier molecular flexibility index (Phi) is 4.43. The van der Waals surface area contributed by atoms with Gasteiger partial charge < -0.3 is 5.32 Å². The van der Waals surface area contributed by atoms with Crippen LogP contribution in [0.2, 0.25) is 0 Å². The van der Waals surface area contributed by atoms with Gasteiger partial charge in [-0.2, -0.15) is 0 Å². The smallest absolute Gasteiger partial charge is 0.349 e. The summed E-state index contributed by atoms with van der Waals surface area (Å²) < 4.78 is 2.81. The summed E-state index contributed by atoms with van der Waals surface area (Å²) in [6.07, 6.45) is 0.734. The molecule has 2 heterocycles. The summed E-state index contributed by atoms with van der Waals surface area (Å²) in [5.41, 5.74) is 0.112. The minimum Gasteiger partial charge on any atom is -0.352 e. The van der Waals surface area contributed by atoms with Crippen molar-refractivity contribution in [2.45, 2.75) is 33.7 Å². The molecule has 8 nitrogen and oxygen atoms in total. The van der Waals surface area contributed by atoms with Crippen molar-refractivity contribution < 1.29 is 4.79 Å². The Morgan fingerprint density at radius 2 is 2.08 bits per heavy atom. The number of benzene rings is 1. The lowest BCUT2D eigenvalue weighted by molar-refractivity contribution is 0.0949. The number of nitrogens with zero attached hydrogens (tertiary/aromatic N) is 3. The van der Waals surface area contributed by atoms with Crippen molar-refractivity contribution in [1.82, 2.24) is 24.5 Å². The molecule has 1 amide bonds. The van der Waals surface area contributed by atoms with E-state index in [0.717, 1.165) is 6.42 Å². The third kappa shape index (κ3) is 2.95. The van der Waals surface area contributed by atoms with Crippen molar-refractivity contribution in [1.29, 1.82) is 0 Å². The second-order valence-electron chi connectivity index (χ2n) is 6.46. The van der Waals surface area contributed by atoms with E-state index in [9.17, 15) is 14.4 Å². The number of hydrogen-bond acceptors (Lipinski definition) is 4. The van der Waals surface area contributed by atoms with Gasteiger partial charge in [-0.25, -0.2) is 14.3 Å². The van der Waals surface area contributed by atoms with Gasteiger partial charge in [-0.3, -0.25) is 14.2 Å². The molecule has 1 aromatic carbocycles. The lowest BCUT2D eigenvalue weighted by atomic mass is 10.1. The molecule has 0 aliphatic heterocycles. The summed E-state index contributed by atoms with van der Waals surface area (Å²) >= 11 is 0. The fourth-order valence-electron chi connectivity index (χ4n) is 2.79. The van der Waals surface area contributed by atoms with Crippen molar-refractivity contribution in [3.8, 4) is 0 Å². The maximum absolute atomic E-state index is 12.7. The number of carbonyl (C=O) groups is 1. The fraction of sp³-hybridized carbons (Fsp3) is 0.412. The molecule has 3 rings (SSSR count). The van der Waals surface area contributed by atoms with E-state index in [1.165, 1.54) is 8.97 Å². The summed E-state index contributed by atoms with van der Waals surface area (Å²) in [5.74, 6) is 0.343. The minimum absolute atomic E-state index is 0.225. The van der Waals surface area contributed by atoms with E-state index < -0.39 is 5.69 Å². The zero-order valence-electron chi connectivity index (χ0n) is 14.5. The van der Waals surface area contributed by atoms with E-state index in [1.54, 1.807) is 18.2 Å². The molecule has 0 aliphatic carbocycles. The first-order valence-corrected chi connectivity index (χ1v) is 8.36. The zero-order valence-corrected chi connectivity index (χ0v) is 14.5. The third-order valence-electron chi connectivity index (χ3n) is 3.99. The van der Waals surface area contributed by atoms with Crippen LogP contribution in [0.15, 0.2) is 27.8 Å². The molecule has 132 valence electrons. The van der Waals surface area contributed by atoms with E-state index in [2.05, 4.69) is 15.5 Å². The number of fused-ring (bicyclic) bond motifs is 3. The van der Waals surface area contributed by atoms with Gasteiger partial charge in [0.15, 0.2) is 0 Å². The molecule has 8 heteroatoms.